The van der Waals surface area contributed by atoms with Crippen LogP contribution in [0.4, 0.5) is 10.1 Å². The molecule has 0 unspecified atom stereocenters. The Morgan fingerprint density at radius 1 is 1.09 bits per heavy atom. The Bertz CT molecular complexity index is 1310. The summed E-state index contributed by atoms with van der Waals surface area (Å²) >= 11 is 6.09. The first-order chi connectivity index (χ1) is 21.2. The molecule has 0 radical (unpaired) electrons. The van der Waals surface area contributed by atoms with Crippen molar-refractivity contribution in [2.75, 3.05) is 46.2 Å². The SMILES string of the molecule is COc1cc(N)c(Cl)cc1C(=O)N[C@H]1CCN(CCCOc2ccc(F)cc2)C[C@@H]1OC.O=C(O)CC(O)(CC(=O)O)C(=O)O. The van der Waals surface area contributed by atoms with E-state index >= 15 is 0 Å². The minimum atomic E-state index is -2.74. The van der Waals surface area contributed by atoms with Gasteiger partial charge in [0.2, 0.25) is 0 Å². The summed E-state index contributed by atoms with van der Waals surface area (Å²) in [4.78, 5) is 45.6. The zero-order valence-electron chi connectivity index (χ0n) is 24.7. The molecule has 0 saturated carbocycles. The number of likely N-dealkylation sites (tertiary alicyclic amines) is 1. The molecule has 2 aromatic carbocycles. The van der Waals surface area contributed by atoms with Crippen molar-refractivity contribution in [3.63, 3.8) is 0 Å². The molecule has 2 aromatic rings. The zero-order valence-corrected chi connectivity index (χ0v) is 25.5. The van der Waals surface area contributed by atoms with Crippen molar-refractivity contribution in [2.45, 2.75) is 43.4 Å². The summed E-state index contributed by atoms with van der Waals surface area (Å²) in [6, 6.07) is 8.92. The number of carbonyl (C=O) groups is 4. The molecule has 0 bridgehead atoms. The molecule has 1 aliphatic rings. The third-order valence-corrected chi connectivity index (χ3v) is 7.14. The number of halogens is 2. The highest BCUT2D eigenvalue weighted by atomic mass is 35.5. The molecule has 14 nitrogen and oxygen atoms in total. The number of aliphatic hydroxyl groups is 1. The van der Waals surface area contributed by atoms with E-state index < -0.39 is 36.4 Å². The number of ether oxygens (including phenoxy) is 3. The Hall–Kier alpha value is -4.18. The van der Waals surface area contributed by atoms with Gasteiger partial charge in [-0.25, -0.2) is 9.18 Å². The molecule has 16 heteroatoms. The van der Waals surface area contributed by atoms with Crippen molar-refractivity contribution in [3.05, 3.63) is 52.8 Å². The van der Waals surface area contributed by atoms with Gasteiger partial charge in [0.05, 0.1) is 55.0 Å². The number of carboxylic acid groups (broad SMARTS) is 3. The summed E-state index contributed by atoms with van der Waals surface area (Å²) in [5.41, 5.74) is 3.75. The number of amides is 1. The van der Waals surface area contributed by atoms with Crippen molar-refractivity contribution in [3.8, 4) is 11.5 Å². The van der Waals surface area contributed by atoms with Gasteiger partial charge < -0.3 is 50.6 Å². The van der Waals surface area contributed by atoms with Gasteiger partial charge in [-0.1, -0.05) is 11.6 Å². The van der Waals surface area contributed by atoms with Crippen molar-refractivity contribution in [1.29, 1.82) is 0 Å². The van der Waals surface area contributed by atoms with E-state index in [2.05, 4.69) is 10.2 Å². The van der Waals surface area contributed by atoms with Crippen LogP contribution in [0.3, 0.4) is 0 Å². The number of hydrogen-bond acceptors (Lipinski definition) is 10. The Morgan fingerprint density at radius 2 is 1.71 bits per heavy atom. The average Bonchev–Trinajstić information content (AvgIpc) is 2.97. The van der Waals surface area contributed by atoms with Crippen molar-refractivity contribution in [1.82, 2.24) is 10.2 Å². The van der Waals surface area contributed by atoms with Crippen molar-refractivity contribution < 1.29 is 58.2 Å². The van der Waals surface area contributed by atoms with E-state index in [0.717, 1.165) is 25.9 Å². The number of methoxy groups -OCH3 is 2. The van der Waals surface area contributed by atoms with Crippen LogP contribution in [-0.4, -0.2) is 107 Å². The Kier molecular flexibility index (Phi) is 14.3. The molecule has 7 N–H and O–H groups in total. The van der Waals surface area contributed by atoms with Crippen LogP contribution in [0.15, 0.2) is 36.4 Å². The summed E-state index contributed by atoms with van der Waals surface area (Å²) in [5, 5.41) is 37.2. The molecule has 45 heavy (non-hydrogen) atoms. The van der Waals surface area contributed by atoms with Crippen LogP contribution in [0.2, 0.25) is 5.02 Å². The summed E-state index contributed by atoms with van der Waals surface area (Å²) < 4.78 is 29.5. The van der Waals surface area contributed by atoms with Gasteiger partial charge in [-0.05, 0) is 43.2 Å². The standard InChI is InChI=1S/C23H29ClFN3O4.C6H8O7/c1-30-21-13-19(26)18(24)12-17(21)23(29)27-20-8-10-28(14-22(20)31-2)9-3-11-32-16-6-4-15(25)5-7-16;7-3(8)1-6(13,5(11)12)2-4(9)10/h4-7,12-13,20,22H,3,8-11,14,26H2,1-2H3,(H,27,29);13H,1-2H2,(H,7,8)(H,9,10)(H,11,12)/t20-,22-;/m0./s1. The topological polar surface area (TPSA) is 218 Å². The molecule has 2 atom stereocenters. The molecule has 1 aliphatic heterocycles. The lowest BCUT2D eigenvalue weighted by molar-refractivity contribution is -0.170. The van der Waals surface area contributed by atoms with Crippen LogP contribution < -0.4 is 20.5 Å². The van der Waals surface area contributed by atoms with Crippen LogP contribution in [-0.2, 0) is 19.1 Å². The van der Waals surface area contributed by atoms with Gasteiger partial charge in [0.1, 0.15) is 17.3 Å². The van der Waals surface area contributed by atoms with E-state index in [9.17, 15) is 23.6 Å². The van der Waals surface area contributed by atoms with Gasteiger partial charge in [-0.2, -0.15) is 0 Å². The van der Waals surface area contributed by atoms with Gasteiger partial charge in [0.15, 0.2) is 5.60 Å². The average molecular weight is 658 g/mol. The number of nitrogens with two attached hydrogens (primary N) is 1. The largest absolute Gasteiger partial charge is 0.496 e. The number of nitrogens with one attached hydrogen (secondary N) is 1. The van der Waals surface area contributed by atoms with Crippen LogP contribution >= 0.6 is 11.6 Å². The lowest BCUT2D eigenvalue weighted by atomic mass is 9.96. The zero-order chi connectivity index (χ0) is 33.7. The maximum atomic E-state index is 12.9. The highest BCUT2D eigenvalue weighted by molar-refractivity contribution is 6.33. The van der Waals surface area contributed by atoms with Gasteiger partial charge in [0.25, 0.3) is 5.91 Å². The van der Waals surface area contributed by atoms with E-state index in [-0.39, 0.29) is 23.9 Å². The van der Waals surface area contributed by atoms with Crippen LogP contribution in [0.1, 0.15) is 36.0 Å². The number of carboxylic acids is 3. The molecular weight excluding hydrogens is 621 g/mol. The minimum Gasteiger partial charge on any atom is -0.496 e. The number of aliphatic carboxylic acids is 3. The number of hydrogen-bond donors (Lipinski definition) is 6. The summed E-state index contributed by atoms with van der Waals surface area (Å²) in [7, 11) is 3.13. The summed E-state index contributed by atoms with van der Waals surface area (Å²) in [6.07, 6.45) is -0.871. The normalized spacial score (nSPS) is 16.6. The van der Waals surface area contributed by atoms with E-state index in [1.54, 1.807) is 25.3 Å². The monoisotopic (exact) mass is 657 g/mol. The fourth-order valence-corrected chi connectivity index (χ4v) is 4.64. The second-order valence-electron chi connectivity index (χ2n) is 10.2. The second kappa shape index (κ2) is 17.3. The molecular formula is C29H37ClFN3O11. The van der Waals surface area contributed by atoms with Crippen LogP contribution in [0.5, 0.6) is 11.5 Å². The number of carbonyl (C=O) groups excluding carboxylic acids is 1. The molecule has 0 aromatic heterocycles. The number of nitrogen functional groups attached to an aromatic ring is 1. The Labute approximate surface area is 263 Å². The third kappa shape index (κ3) is 11.7. The molecule has 0 aliphatic carbocycles. The van der Waals surface area contributed by atoms with Crippen molar-refractivity contribution >= 4 is 41.1 Å². The lowest BCUT2D eigenvalue weighted by Crippen LogP contribution is -2.55. The number of benzene rings is 2. The Balaban J connectivity index is 0.000000459. The van der Waals surface area contributed by atoms with Gasteiger partial charge in [0, 0.05) is 32.8 Å². The third-order valence-electron chi connectivity index (χ3n) is 6.81. The molecule has 1 amide bonds. The predicted octanol–water partition coefficient (Wildman–Crippen LogP) is 2.11. The smallest absolute Gasteiger partial charge is 0.336 e. The first kappa shape index (κ1) is 37.0. The molecule has 0 spiro atoms. The van der Waals surface area contributed by atoms with E-state index in [0.29, 0.717) is 40.9 Å². The van der Waals surface area contributed by atoms with E-state index in [4.69, 9.17) is 52.0 Å². The first-order valence-electron chi connectivity index (χ1n) is 13.7. The summed E-state index contributed by atoms with van der Waals surface area (Å²) in [5.74, 6) is -4.56. The van der Waals surface area contributed by atoms with Crippen molar-refractivity contribution in [2.24, 2.45) is 0 Å². The number of piperidine rings is 1. The van der Waals surface area contributed by atoms with Gasteiger partial charge in [-0.3, -0.25) is 14.4 Å². The lowest BCUT2D eigenvalue weighted by Gasteiger charge is -2.38. The fourth-order valence-electron chi connectivity index (χ4n) is 4.47. The maximum Gasteiger partial charge on any atom is 0.336 e. The predicted molar refractivity (Wildman–Crippen MR) is 159 cm³/mol. The minimum absolute atomic E-state index is 0.139. The molecule has 1 heterocycles. The maximum absolute atomic E-state index is 12.9. The molecule has 1 fully saturated rings. The molecule has 1 saturated heterocycles. The van der Waals surface area contributed by atoms with Gasteiger partial charge in [-0.15, -0.1) is 0 Å². The molecule has 248 valence electrons. The van der Waals surface area contributed by atoms with Crippen LogP contribution in [0.25, 0.3) is 0 Å². The second-order valence-corrected chi connectivity index (χ2v) is 10.6. The fraction of sp³-hybridized carbons (Fsp3) is 0.448. The highest BCUT2D eigenvalue weighted by Gasteiger charge is 2.40. The van der Waals surface area contributed by atoms with E-state index in [1.807, 2.05) is 0 Å². The van der Waals surface area contributed by atoms with Crippen LogP contribution in [0, 0.1) is 5.82 Å². The molecule has 3 rings (SSSR count). The number of nitrogens with zero attached hydrogens (tertiary/aromatic N) is 1. The Morgan fingerprint density at radius 3 is 2.24 bits per heavy atom. The summed E-state index contributed by atoms with van der Waals surface area (Å²) in [6.45, 7) is 2.89. The first-order valence-corrected chi connectivity index (χ1v) is 14.0. The van der Waals surface area contributed by atoms with E-state index in [1.165, 1.54) is 25.3 Å². The highest BCUT2D eigenvalue weighted by Crippen LogP contribution is 2.29. The van der Waals surface area contributed by atoms with Gasteiger partial charge >= 0.3 is 17.9 Å². The number of anilines is 1. The number of rotatable bonds is 14. The quantitative estimate of drug-likeness (QED) is 0.127.